The van der Waals surface area contributed by atoms with Crippen LogP contribution in [-0.2, 0) is 9.53 Å². The number of hydrogen-bond donors (Lipinski definition) is 0. The number of carbonyl (C=O) groups is 1. The molecule has 1 aromatic rings. The molecule has 0 aliphatic carbocycles. The molecule has 0 saturated carbocycles. The average Bonchev–Trinajstić information content (AvgIpc) is 2.27. The third kappa shape index (κ3) is 4.66. The molecule has 0 aliphatic heterocycles. The molecule has 0 saturated heterocycles. The average molecular weight is 267 g/mol. The monoisotopic (exact) mass is 268 g/mol. The minimum atomic E-state index is -0.363. The molecule has 15 heavy (non-hydrogen) atoms. The van der Waals surface area contributed by atoms with Crippen molar-refractivity contribution < 1.29 is 9.53 Å². The molecule has 2 nitrogen and oxygen atoms in total. The van der Waals surface area contributed by atoms with Crippen LogP contribution in [0.2, 0.25) is 0 Å². The van der Waals surface area contributed by atoms with Crippen LogP contribution in [0.5, 0.6) is 0 Å². The van der Waals surface area contributed by atoms with E-state index in [4.69, 9.17) is 0 Å². The Bertz CT molecular complexity index is 389. The number of ether oxygens (including phenoxy) is 1. The first-order chi connectivity index (χ1) is 7.22. The Morgan fingerprint density at radius 1 is 1.40 bits per heavy atom. The fourth-order valence-corrected chi connectivity index (χ4v) is 2.52. The van der Waals surface area contributed by atoms with Gasteiger partial charge in [0.05, 0.1) is 0 Å². The van der Waals surface area contributed by atoms with Gasteiger partial charge in [0.25, 0.3) is 0 Å². The zero-order valence-electron chi connectivity index (χ0n) is 8.69. The first-order valence-electron chi connectivity index (χ1n) is 4.46. The number of hydrogen-bond acceptors (Lipinski definition) is 2. The van der Waals surface area contributed by atoms with Crippen LogP contribution in [0.4, 0.5) is 0 Å². The molecule has 0 aliphatic rings. The van der Waals surface area contributed by atoms with E-state index in [0.717, 1.165) is 4.47 Å². The second-order valence-electron chi connectivity index (χ2n) is 2.78. The Hall–Kier alpha value is -1.27. The van der Waals surface area contributed by atoms with Gasteiger partial charge < -0.3 is 0 Å². The van der Waals surface area contributed by atoms with Crippen molar-refractivity contribution in [1.29, 1.82) is 0 Å². The van der Waals surface area contributed by atoms with Gasteiger partial charge in [0.15, 0.2) is 0 Å². The minimum absolute atomic E-state index is 0.228. The summed E-state index contributed by atoms with van der Waals surface area (Å²) in [6.45, 7) is 1.96. The molecule has 0 heterocycles. The summed E-state index contributed by atoms with van der Waals surface area (Å²) >= 11 is 0.228. The van der Waals surface area contributed by atoms with Crippen LogP contribution >= 0.6 is 0 Å². The predicted octanol–water partition coefficient (Wildman–Crippen LogP) is 1.25. The van der Waals surface area contributed by atoms with Crippen LogP contribution in [0.1, 0.15) is 6.92 Å². The van der Waals surface area contributed by atoms with Crippen LogP contribution in [-0.4, -0.2) is 28.0 Å². The van der Waals surface area contributed by atoms with Gasteiger partial charge in [-0.3, -0.25) is 0 Å². The van der Waals surface area contributed by atoms with Gasteiger partial charge in [-0.25, -0.2) is 0 Å². The summed E-state index contributed by atoms with van der Waals surface area (Å²) < 4.78 is 6.83. The van der Waals surface area contributed by atoms with E-state index >= 15 is 0 Å². The third-order valence-electron chi connectivity index (χ3n) is 1.61. The standard InChI is InChI=1S/C12H12O2Se/c1-10(8-9-12(13)14-2)15-11-6-4-3-5-7-11/h3-7,9H,1-2H3. The summed E-state index contributed by atoms with van der Waals surface area (Å²) in [5.41, 5.74) is 2.93. The van der Waals surface area contributed by atoms with E-state index in [1.165, 1.54) is 17.6 Å². The van der Waals surface area contributed by atoms with Crippen molar-refractivity contribution in [2.75, 3.05) is 7.11 Å². The van der Waals surface area contributed by atoms with Crippen LogP contribution in [0, 0.1) is 0 Å². The van der Waals surface area contributed by atoms with Crippen molar-refractivity contribution in [1.82, 2.24) is 0 Å². The summed E-state index contributed by atoms with van der Waals surface area (Å²) in [6, 6.07) is 10.2. The molecule has 0 N–H and O–H groups in total. The number of rotatable bonds is 3. The second-order valence-corrected chi connectivity index (χ2v) is 5.49. The SMILES string of the molecule is COC(=O)C=C=C(C)[Se]c1ccccc1. The quantitative estimate of drug-likeness (QED) is 0.356. The fraction of sp³-hybridized carbons (Fsp3) is 0.167. The van der Waals surface area contributed by atoms with Gasteiger partial charge in [-0.1, -0.05) is 0 Å². The summed E-state index contributed by atoms with van der Waals surface area (Å²) in [7, 11) is 1.36. The van der Waals surface area contributed by atoms with Gasteiger partial charge in [0, 0.05) is 0 Å². The molecule has 0 spiro atoms. The van der Waals surface area contributed by atoms with E-state index in [0.29, 0.717) is 0 Å². The molecular weight excluding hydrogens is 255 g/mol. The van der Waals surface area contributed by atoms with Crippen LogP contribution in [0.25, 0.3) is 0 Å². The van der Waals surface area contributed by atoms with Gasteiger partial charge >= 0.3 is 95.6 Å². The fourth-order valence-electron chi connectivity index (χ4n) is 0.914. The van der Waals surface area contributed by atoms with Crippen molar-refractivity contribution in [2.45, 2.75) is 6.92 Å². The molecule has 1 rings (SSSR count). The van der Waals surface area contributed by atoms with Crippen molar-refractivity contribution in [3.05, 3.63) is 46.6 Å². The van der Waals surface area contributed by atoms with E-state index in [1.54, 1.807) is 0 Å². The van der Waals surface area contributed by atoms with Crippen molar-refractivity contribution in [3.8, 4) is 0 Å². The Morgan fingerprint density at radius 2 is 2.07 bits per heavy atom. The molecule has 0 radical (unpaired) electrons. The maximum atomic E-state index is 10.8. The zero-order chi connectivity index (χ0) is 11.1. The van der Waals surface area contributed by atoms with E-state index in [2.05, 4.69) is 22.6 Å². The van der Waals surface area contributed by atoms with E-state index in [1.807, 2.05) is 25.1 Å². The van der Waals surface area contributed by atoms with E-state index in [-0.39, 0.29) is 20.9 Å². The molecular formula is C12H12O2Se. The van der Waals surface area contributed by atoms with Crippen LogP contribution in [0.15, 0.2) is 46.6 Å². The molecule has 0 atom stereocenters. The number of methoxy groups -OCH3 is 1. The maximum absolute atomic E-state index is 10.8. The van der Waals surface area contributed by atoms with Gasteiger partial charge in [-0.05, 0) is 0 Å². The molecule has 0 bridgehead atoms. The molecule has 0 fully saturated rings. The van der Waals surface area contributed by atoms with Crippen LogP contribution < -0.4 is 4.46 Å². The Kier molecular flexibility index (Phi) is 4.92. The molecule has 0 unspecified atom stereocenters. The van der Waals surface area contributed by atoms with Gasteiger partial charge in [-0.15, -0.1) is 0 Å². The molecule has 3 heteroatoms. The Labute approximate surface area is 95.8 Å². The van der Waals surface area contributed by atoms with Crippen LogP contribution in [0.3, 0.4) is 0 Å². The predicted molar refractivity (Wildman–Crippen MR) is 61.1 cm³/mol. The summed E-state index contributed by atoms with van der Waals surface area (Å²) in [5, 5.41) is 0. The number of carbonyl (C=O) groups excluding carboxylic acids is 1. The molecule has 0 amide bonds. The molecule has 0 aromatic heterocycles. The van der Waals surface area contributed by atoms with Crippen molar-refractivity contribution in [3.63, 3.8) is 0 Å². The van der Waals surface area contributed by atoms with E-state index in [9.17, 15) is 4.79 Å². The van der Waals surface area contributed by atoms with Crippen molar-refractivity contribution >= 4 is 25.4 Å². The van der Waals surface area contributed by atoms with Gasteiger partial charge in [-0.2, -0.15) is 0 Å². The Morgan fingerprint density at radius 3 is 2.67 bits per heavy atom. The first-order valence-corrected chi connectivity index (χ1v) is 6.18. The number of benzene rings is 1. The summed E-state index contributed by atoms with van der Waals surface area (Å²) in [4.78, 5) is 10.8. The van der Waals surface area contributed by atoms with E-state index < -0.39 is 0 Å². The normalized spacial score (nSPS) is 8.93. The van der Waals surface area contributed by atoms with Gasteiger partial charge in [0.2, 0.25) is 0 Å². The second kappa shape index (κ2) is 6.26. The third-order valence-corrected chi connectivity index (χ3v) is 3.56. The topological polar surface area (TPSA) is 26.3 Å². The molecule has 78 valence electrons. The first kappa shape index (κ1) is 11.8. The molecule has 1 aromatic carbocycles. The summed E-state index contributed by atoms with van der Waals surface area (Å²) in [6.07, 6.45) is 1.33. The Balaban J connectivity index is 2.67. The van der Waals surface area contributed by atoms with Gasteiger partial charge in [0.1, 0.15) is 0 Å². The van der Waals surface area contributed by atoms with Crippen molar-refractivity contribution in [2.24, 2.45) is 0 Å². The summed E-state index contributed by atoms with van der Waals surface area (Å²) in [5.74, 6) is -0.363. The zero-order valence-corrected chi connectivity index (χ0v) is 10.4. The number of esters is 1.